The molecular formula is C13H18N2. The highest BCUT2D eigenvalue weighted by atomic mass is 14.9. The van der Waals surface area contributed by atoms with E-state index in [0.717, 1.165) is 19.4 Å². The zero-order valence-corrected chi connectivity index (χ0v) is 9.24. The maximum atomic E-state index is 5.51. The van der Waals surface area contributed by atoms with Gasteiger partial charge < -0.3 is 10.3 Å². The summed E-state index contributed by atoms with van der Waals surface area (Å²) >= 11 is 0. The summed E-state index contributed by atoms with van der Waals surface area (Å²) in [6.45, 7) is 0.796. The molecule has 0 saturated heterocycles. The zero-order chi connectivity index (χ0) is 10.7. The number of fused-ring (bicyclic) bond motifs is 1. The SMILES string of the molecule is Cn1ccc2c(CCCCN)cccc21. The Bertz CT molecular complexity index is 443. The van der Waals surface area contributed by atoms with E-state index in [1.807, 2.05) is 0 Å². The normalized spacial score (nSPS) is 11.1. The second-order valence-electron chi connectivity index (χ2n) is 4.02. The molecule has 1 aromatic carbocycles. The van der Waals surface area contributed by atoms with Gasteiger partial charge in [-0.2, -0.15) is 0 Å². The van der Waals surface area contributed by atoms with Gasteiger partial charge in [-0.15, -0.1) is 0 Å². The summed E-state index contributed by atoms with van der Waals surface area (Å²) < 4.78 is 2.17. The number of hydrogen-bond donors (Lipinski definition) is 1. The molecule has 80 valence electrons. The van der Waals surface area contributed by atoms with E-state index in [1.165, 1.54) is 22.9 Å². The van der Waals surface area contributed by atoms with Gasteiger partial charge >= 0.3 is 0 Å². The second kappa shape index (κ2) is 4.49. The van der Waals surface area contributed by atoms with Crippen molar-refractivity contribution in [3.05, 3.63) is 36.0 Å². The van der Waals surface area contributed by atoms with Gasteiger partial charge in [0.25, 0.3) is 0 Å². The lowest BCUT2D eigenvalue weighted by Gasteiger charge is -2.03. The fourth-order valence-corrected chi connectivity index (χ4v) is 2.04. The summed E-state index contributed by atoms with van der Waals surface area (Å²) in [5.74, 6) is 0. The molecule has 0 amide bonds. The highest BCUT2D eigenvalue weighted by molar-refractivity contribution is 5.83. The van der Waals surface area contributed by atoms with E-state index in [2.05, 4.69) is 42.1 Å². The molecule has 2 rings (SSSR count). The molecule has 0 radical (unpaired) electrons. The molecule has 2 aromatic rings. The summed E-state index contributed by atoms with van der Waals surface area (Å²) in [4.78, 5) is 0. The van der Waals surface area contributed by atoms with Gasteiger partial charge in [-0.25, -0.2) is 0 Å². The molecule has 0 aliphatic heterocycles. The number of unbranched alkanes of at least 4 members (excludes halogenated alkanes) is 1. The molecule has 2 heteroatoms. The Labute approximate surface area is 90.7 Å². The van der Waals surface area contributed by atoms with Crippen LogP contribution in [0.2, 0.25) is 0 Å². The van der Waals surface area contributed by atoms with Crippen LogP contribution in [-0.4, -0.2) is 11.1 Å². The molecule has 0 fully saturated rings. The van der Waals surface area contributed by atoms with Crippen LogP contribution >= 0.6 is 0 Å². The topological polar surface area (TPSA) is 30.9 Å². The Hall–Kier alpha value is -1.28. The lowest BCUT2D eigenvalue weighted by Crippen LogP contribution is -1.99. The summed E-state index contributed by atoms with van der Waals surface area (Å²) in [6.07, 6.45) is 5.56. The van der Waals surface area contributed by atoms with Crippen LogP contribution in [0.3, 0.4) is 0 Å². The summed E-state index contributed by atoms with van der Waals surface area (Å²) in [6, 6.07) is 8.73. The van der Waals surface area contributed by atoms with E-state index in [0.29, 0.717) is 0 Å². The number of nitrogens with zero attached hydrogens (tertiary/aromatic N) is 1. The number of nitrogens with two attached hydrogens (primary N) is 1. The maximum Gasteiger partial charge on any atom is 0.0480 e. The van der Waals surface area contributed by atoms with Gasteiger partial charge in [0.1, 0.15) is 0 Å². The van der Waals surface area contributed by atoms with Crippen molar-refractivity contribution in [1.29, 1.82) is 0 Å². The van der Waals surface area contributed by atoms with Crippen LogP contribution in [0.25, 0.3) is 10.9 Å². The minimum Gasteiger partial charge on any atom is -0.351 e. The quantitative estimate of drug-likeness (QED) is 0.759. The molecule has 1 heterocycles. The molecular weight excluding hydrogens is 184 g/mol. The second-order valence-corrected chi connectivity index (χ2v) is 4.02. The average Bonchev–Trinajstić information content (AvgIpc) is 2.62. The molecule has 1 aromatic heterocycles. The molecule has 0 bridgehead atoms. The Morgan fingerprint density at radius 2 is 2.07 bits per heavy atom. The van der Waals surface area contributed by atoms with Crippen LogP contribution in [0.1, 0.15) is 18.4 Å². The van der Waals surface area contributed by atoms with Crippen LogP contribution in [0.5, 0.6) is 0 Å². The third-order valence-electron chi connectivity index (χ3n) is 2.92. The first kappa shape index (κ1) is 10.2. The number of benzene rings is 1. The smallest absolute Gasteiger partial charge is 0.0480 e. The first-order chi connectivity index (χ1) is 7.33. The molecule has 2 N–H and O–H groups in total. The van der Waals surface area contributed by atoms with Crippen molar-refractivity contribution in [2.24, 2.45) is 12.8 Å². The molecule has 0 spiro atoms. The van der Waals surface area contributed by atoms with Crippen LogP contribution in [-0.2, 0) is 13.5 Å². The van der Waals surface area contributed by atoms with Gasteiger partial charge in [0.05, 0.1) is 0 Å². The third kappa shape index (κ3) is 2.05. The van der Waals surface area contributed by atoms with Gasteiger partial charge in [0.2, 0.25) is 0 Å². The summed E-state index contributed by atoms with van der Waals surface area (Å²) in [5, 5.41) is 1.39. The molecule has 0 saturated carbocycles. The zero-order valence-electron chi connectivity index (χ0n) is 9.24. The number of hydrogen-bond acceptors (Lipinski definition) is 1. The summed E-state index contributed by atoms with van der Waals surface area (Å²) in [5.41, 5.74) is 8.27. The summed E-state index contributed by atoms with van der Waals surface area (Å²) in [7, 11) is 2.09. The van der Waals surface area contributed by atoms with Crippen molar-refractivity contribution in [2.45, 2.75) is 19.3 Å². The van der Waals surface area contributed by atoms with Crippen molar-refractivity contribution >= 4 is 10.9 Å². The lowest BCUT2D eigenvalue weighted by atomic mass is 10.0. The molecule has 0 atom stereocenters. The molecule has 0 aliphatic rings. The number of rotatable bonds is 4. The third-order valence-corrected chi connectivity index (χ3v) is 2.92. The first-order valence-electron chi connectivity index (χ1n) is 5.56. The number of aryl methyl sites for hydroxylation is 2. The Balaban J connectivity index is 2.26. The minimum atomic E-state index is 0.796. The highest BCUT2D eigenvalue weighted by Gasteiger charge is 2.02. The van der Waals surface area contributed by atoms with E-state index < -0.39 is 0 Å². The lowest BCUT2D eigenvalue weighted by molar-refractivity contribution is 0.747. The van der Waals surface area contributed by atoms with Crippen molar-refractivity contribution < 1.29 is 0 Å². The van der Waals surface area contributed by atoms with Crippen molar-refractivity contribution in [1.82, 2.24) is 4.57 Å². The molecule has 15 heavy (non-hydrogen) atoms. The van der Waals surface area contributed by atoms with Gasteiger partial charge in [-0.05, 0) is 43.5 Å². The minimum absolute atomic E-state index is 0.796. The van der Waals surface area contributed by atoms with E-state index in [1.54, 1.807) is 0 Å². The van der Waals surface area contributed by atoms with Crippen LogP contribution < -0.4 is 5.73 Å². The fraction of sp³-hybridized carbons (Fsp3) is 0.385. The Morgan fingerprint density at radius 3 is 2.87 bits per heavy atom. The van der Waals surface area contributed by atoms with E-state index >= 15 is 0 Å². The number of aromatic nitrogens is 1. The molecule has 0 aliphatic carbocycles. The average molecular weight is 202 g/mol. The molecule has 2 nitrogen and oxygen atoms in total. The predicted molar refractivity (Wildman–Crippen MR) is 64.9 cm³/mol. The van der Waals surface area contributed by atoms with Crippen molar-refractivity contribution in [3.63, 3.8) is 0 Å². The van der Waals surface area contributed by atoms with Gasteiger partial charge in [-0.1, -0.05) is 12.1 Å². The van der Waals surface area contributed by atoms with Gasteiger partial charge in [-0.3, -0.25) is 0 Å². The highest BCUT2D eigenvalue weighted by Crippen LogP contribution is 2.20. The molecule has 0 unspecified atom stereocenters. The Kier molecular flexibility index (Phi) is 3.07. The standard InChI is InChI=1S/C13H18N2/c1-15-10-8-12-11(5-2-3-9-14)6-4-7-13(12)15/h4,6-8,10H,2-3,5,9,14H2,1H3. The fourth-order valence-electron chi connectivity index (χ4n) is 2.04. The van der Waals surface area contributed by atoms with Gasteiger partial charge in [0, 0.05) is 24.1 Å². The van der Waals surface area contributed by atoms with E-state index in [-0.39, 0.29) is 0 Å². The first-order valence-corrected chi connectivity index (χ1v) is 5.56. The van der Waals surface area contributed by atoms with Crippen molar-refractivity contribution in [3.8, 4) is 0 Å². The van der Waals surface area contributed by atoms with Crippen molar-refractivity contribution in [2.75, 3.05) is 6.54 Å². The maximum absolute atomic E-state index is 5.51. The monoisotopic (exact) mass is 202 g/mol. The predicted octanol–water partition coefficient (Wildman–Crippen LogP) is 2.46. The van der Waals surface area contributed by atoms with Crippen LogP contribution in [0.15, 0.2) is 30.5 Å². The van der Waals surface area contributed by atoms with Crippen LogP contribution in [0.4, 0.5) is 0 Å². The van der Waals surface area contributed by atoms with E-state index in [4.69, 9.17) is 5.73 Å². The Morgan fingerprint density at radius 1 is 1.20 bits per heavy atom. The largest absolute Gasteiger partial charge is 0.351 e. The van der Waals surface area contributed by atoms with Gasteiger partial charge in [0.15, 0.2) is 0 Å². The van der Waals surface area contributed by atoms with E-state index in [9.17, 15) is 0 Å². The van der Waals surface area contributed by atoms with Crippen LogP contribution in [0, 0.1) is 0 Å².